The quantitative estimate of drug-likeness (QED) is 0.141. The average Bonchev–Trinajstić information content (AvgIpc) is 0.779. The Bertz CT molecular complexity index is 6320. The van der Waals surface area contributed by atoms with Gasteiger partial charge in [-0.3, -0.25) is 0 Å². The van der Waals surface area contributed by atoms with Gasteiger partial charge >= 0.3 is 25.6 Å². The maximum absolute atomic E-state index is 12.9. The zero-order valence-electron chi connectivity index (χ0n) is 70.7. The van der Waals surface area contributed by atoms with E-state index < -0.39 is 49.6 Å². The van der Waals surface area contributed by atoms with Gasteiger partial charge in [0, 0.05) is 21.9 Å². The highest BCUT2D eigenvalue weighted by Gasteiger charge is 2.35. The molecule has 16 rings (SSSR count). The Morgan fingerprint density at radius 2 is 0.598 bits per heavy atom. The minimum absolute atomic E-state index is 0.133. The van der Waals surface area contributed by atoms with E-state index in [1.165, 1.54) is 30.2 Å². The van der Waals surface area contributed by atoms with Crippen molar-refractivity contribution in [2.45, 2.75) is 163 Å². The molecule has 0 atom stereocenters. The lowest BCUT2D eigenvalue weighted by Crippen LogP contribution is -2.08. The van der Waals surface area contributed by atoms with Crippen LogP contribution in [0.25, 0.3) is 86.2 Å². The highest BCUT2D eigenvalue weighted by molar-refractivity contribution is 5.94. The molecule has 0 unspecified atom stereocenters. The van der Waals surface area contributed by atoms with E-state index in [-0.39, 0.29) is 52.3 Å². The van der Waals surface area contributed by atoms with E-state index in [0.717, 1.165) is 126 Å². The number of benzene rings is 16. The van der Waals surface area contributed by atoms with E-state index in [9.17, 15) is 70.2 Å². The number of rotatable bonds is 8. The van der Waals surface area contributed by atoms with Crippen molar-refractivity contribution in [1.82, 2.24) is 0 Å². The van der Waals surface area contributed by atoms with Gasteiger partial charge in [-0.1, -0.05) is 274 Å². The van der Waals surface area contributed by atoms with Crippen molar-refractivity contribution < 1.29 is 79.7 Å². The Morgan fingerprint density at radius 3 is 1.07 bits per heavy atom. The first-order valence-electron chi connectivity index (χ1n) is 39.2. The van der Waals surface area contributed by atoms with Crippen LogP contribution in [0, 0.1) is 111 Å². The normalized spacial score (nSPS) is 11.3. The van der Waals surface area contributed by atoms with E-state index in [0.29, 0.717) is 32.7 Å². The molecule has 636 valence electrons. The molecule has 122 heavy (non-hydrogen) atoms. The molecule has 0 heterocycles. The van der Waals surface area contributed by atoms with Gasteiger partial charge in [-0.25, -0.2) is 26.3 Å². The van der Waals surface area contributed by atoms with Crippen molar-refractivity contribution in [3.8, 4) is 11.5 Å². The van der Waals surface area contributed by atoms with Crippen LogP contribution in [0.5, 0.6) is 11.5 Å². The van der Waals surface area contributed by atoms with Crippen molar-refractivity contribution in [3.05, 3.63) is 365 Å². The first kappa shape index (κ1) is 93.9. The van der Waals surface area contributed by atoms with Crippen molar-refractivity contribution >= 4 is 86.2 Å². The lowest BCUT2D eigenvalue weighted by molar-refractivity contribution is -0.137. The summed E-state index contributed by atoms with van der Waals surface area (Å²) in [6, 6.07) is 73.7. The molecule has 18 heteroatoms. The van der Waals surface area contributed by atoms with Crippen molar-refractivity contribution in [3.63, 3.8) is 0 Å². The maximum Gasteiger partial charge on any atom is 0.417 e. The smallest absolute Gasteiger partial charge is 0.417 e. The first-order chi connectivity index (χ1) is 57.5. The highest BCUT2D eigenvalue weighted by atomic mass is 19.4. The molecule has 0 aliphatic heterocycles. The molecule has 0 aliphatic rings. The van der Waals surface area contributed by atoms with Crippen LogP contribution in [0.1, 0.15) is 135 Å². The predicted octanol–water partition coefficient (Wildman–Crippen LogP) is 33.7. The molecule has 0 aliphatic carbocycles. The van der Waals surface area contributed by atoms with Gasteiger partial charge in [-0.2, -0.15) is 43.9 Å². The number of ether oxygens (including phenoxy) is 2. The monoisotopic (exact) mass is 1680 g/mol. The second-order valence-electron chi connectivity index (χ2n) is 30.9. The standard InChI is InChI=1S/2C13H11F3.2C13H12F2O.2C13H12F2.2C13H13F/c1-8-3-6-11-10(7-8)5-4-9(2)12(11)13(14,15)16;1-8-3-4-10-5-9(2)7-12(11(10)6-8)13(14,15)16;1-8-3-6-11-10(7-8)5-4-9(2)12(11)16-13(14)15;1-8-3-4-10-5-9(2)7-12(11(10)6-8)16-13(14)15;1-8-3-6-11-10(7-8)5-4-9(2)12(11)13(14)15;1-8-3-4-10-5-9(2)7-12(13(14)15)11(10)6-8;1-9-3-6-12-11(7-9)5-4-10(2)13(12)8-14;1-9-3-4-11-5-10(2)6-12(8-14)13(11)7-9/h2*3-7H,1-2H3;2*3-7,13H,1-2H3;2*3-7,13H,1-2H3;2*3-7H,8H2,1-2H3. The second-order valence-corrected chi connectivity index (χ2v) is 30.9. The van der Waals surface area contributed by atoms with Crippen molar-refractivity contribution in [2.24, 2.45) is 0 Å². The summed E-state index contributed by atoms with van der Waals surface area (Å²) in [5, 5.41) is 12.5. The van der Waals surface area contributed by atoms with Gasteiger partial charge in [-0.15, -0.1) is 0 Å². The molecule has 0 fully saturated rings. The molecule has 0 amide bonds. The molecule has 16 aromatic carbocycles. The third-order valence-corrected chi connectivity index (χ3v) is 20.5. The summed E-state index contributed by atoms with van der Waals surface area (Å²) in [6.45, 7) is 23.4. The van der Waals surface area contributed by atoms with E-state index in [1.807, 2.05) is 197 Å². The molecule has 0 aromatic heterocycles. The van der Waals surface area contributed by atoms with Crippen LogP contribution in [-0.2, 0) is 25.7 Å². The Morgan fingerprint density at radius 1 is 0.254 bits per heavy atom. The van der Waals surface area contributed by atoms with Crippen LogP contribution >= 0.6 is 0 Å². The van der Waals surface area contributed by atoms with Gasteiger partial charge in [0.15, 0.2) is 0 Å². The molecule has 0 spiro atoms. The van der Waals surface area contributed by atoms with Gasteiger partial charge < -0.3 is 9.47 Å². The third-order valence-electron chi connectivity index (χ3n) is 20.5. The Balaban J connectivity index is 0.000000158. The summed E-state index contributed by atoms with van der Waals surface area (Å²) < 4.78 is 212. The van der Waals surface area contributed by atoms with Crippen LogP contribution in [0.2, 0.25) is 0 Å². The third kappa shape index (κ3) is 24.7. The maximum atomic E-state index is 12.9. The number of aryl methyl sites for hydroxylation is 16. The minimum atomic E-state index is -4.29. The van der Waals surface area contributed by atoms with Crippen LogP contribution in [0.15, 0.2) is 243 Å². The predicted molar refractivity (Wildman–Crippen MR) is 470 cm³/mol. The molecular formula is C104H96F16O2. The summed E-state index contributed by atoms with van der Waals surface area (Å²) in [5.41, 5.74) is 15.4. The Labute approximate surface area is 701 Å². The largest absolute Gasteiger partial charge is 0.434 e. The zero-order chi connectivity index (χ0) is 89.5. The molecule has 0 saturated carbocycles. The molecule has 16 aromatic rings. The fourth-order valence-corrected chi connectivity index (χ4v) is 14.7. The fourth-order valence-electron chi connectivity index (χ4n) is 14.7. The first-order valence-corrected chi connectivity index (χ1v) is 39.2. The van der Waals surface area contributed by atoms with Crippen LogP contribution in [0.3, 0.4) is 0 Å². The van der Waals surface area contributed by atoms with Crippen molar-refractivity contribution in [2.75, 3.05) is 0 Å². The molecular weight excluding hydrogens is 1590 g/mol. The van der Waals surface area contributed by atoms with Crippen molar-refractivity contribution in [1.29, 1.82) is 0 Å². The average molecular weight is 1680 g/mol. The molecule has 0 saturated heterocycles. The SMILES string of the molecule is Cc1cc(C(F)(F)F)c2cc(C)ccc2c1.Cc1cc(C(F)F)c2cc(C)ccc2c1.Cc1cc(CF)c2cc(C)ccc2c1.Cc1cc(OC(F)F)c2cc(C)ccc2c1.Cc1ccc2c(C(F)(F)F)c(C)ccc2c1.Cc1ccc2c(C(F)F)c(C)ccc2c1.Cc1ccc2c(CF)c(C)ccc2c1.Cc1ccc2c(OC(F)F)c(C)ccc2c1. The lowest BCUT2D eigenvalue weighted by atomic mass is 9.98. The minimum Gasteiger partial charge on any atom is -0.434 e. The number of alkyl halides is 16. The fraction of sp³-hybridized carbons (Fsp3) is 0.231. The molecule has 0 radical (unpaired) electrons. The van der Waals surface area contributed by atoms with Crippen LogP contribution < -0.4 is 9.47 Å². The van der Waals surface area contributed by atoms with Crippen LogP contribution in [-0.4, -0.2) is 13.2 Å². The number of hydrogen-bond acceptors (Lipinski definition) is 2. The van der Waals surface area contributed by atoms with Gasteiger partial charge in [-0.05, 0) is 255 Å². The van der Waals surface area contributed by atoms with Gasteiger partial charge in [0.25, 0.3) is 12.9 Å². The molecule has 0 bridgehead atoms. The Kier molecular flexibility index (Phi) is 31.6. The highest BCUT2D eigenvalue weighted by Crippen LogP contribution is 2.41. The summed E-state index contributed by atoms with van der Waals surface area (Å²) in [4.78, 5) is 0. The summed E-state index contributed by atoms with van der Waals surface area (Å²) in [6.07, 6.45) is -13.4. The summed E-state index contributed by atoms with van der Waals surface area (Å²) in [7, 11) is 0. The zero-order valence-corrected chi connectivity index (χ0v) is 70.7. The van der Waals surface area contributed by atoms with E-state index >= 15 is 0 Å². The van der Waals surface area contributed by atoms with Gasteiger partial charge in [0.1, 0.15) is 24.8 Å². The second kappa shape index (κ2) is 41.1. The summed E-state index contributed by atoms with van der Waals surface area (Å²) >= 11 is 0. The molecule has 0 N–H and O–H groups in total. The number of halogens is 16. The van der Waals surface area contributed by atoms with Gasteiger partial charge in [0.2, 0.25) is 0 Å². The Hall–Kier alpha value is -11.9. The van der Waals surface area contributed by atoms with Crippen LogP contribution in [0.4, 0.5) is 70.2 Å². The van der Waals surface area contributed by atoms with Gasteiger partial charge in [0.05, 0.1) is 11.1 Å². The summed E-state index contributed by atoms with van der Waals surface area (Å²) in [5.74, 6) is 0.515. The van der Waals surface area contributed by atoms with E-state index in [4.69, 9.17) is 0 Å². The van der Waals surface area contributed by atoms with E-state index in [2.05, 4.69) is 46.7 Å². The lowest BCUT2D eigenvalue weighted by Gasteiger charge is -2.13. The topological polar surface area (TPSA) is 18.5 Å². The number of fused-ring (bicyclic) bond motifs is 8. The molecule has 2 nitrogen and oxygen atoms in total. The van der Waals surface area contributed by atoms with E-state index in [1.54, 1.807) is 100 Å². The number of hydrogen-bond donors (Lipinski definition) is 0.